The highest BCUT2D eigenvalue weighted by Gasteiger charge is 2.18. The molecule has 0 radical (unpaired) electrons. The molecule has 1 aliphatic heterocycles. The van der Waals surface area contributed by atoms with Crippen LogP contribution in [-0.4, -0.2) is 35.6 Å². The minimum Gasteiger partial charge on any atom is -0.477 e. The number of carboxylic acids is 1. The van der Waals surface area contributed by atoms with E-state index in [0.29, 0.717) is 4.88 Å². The minimum absolute atomic E-state index is 0.508. The van der Waals surface area contributed by atoms with Crippen molar-refractivity contribution in [2.24, 2.45) is 0 Å². The molecular formula is C21H35NO2S. The van der Waals surface area contributed by atoms with Crippen molar-refractivity contribution < 1.29 is 9.90 Å². The van der Waals surface area contributed by atoms with Crippen LogP contribution in [0.2, 0.25) is 0 Å². The zero-order valence-corrected chi connectivity index (χ0v) is 16.7. The van der Waals surface area contributed by atoms with Crippen LogP contribution in [0.25, 0.3) is 0 Å². The highest BCUT2D eigenvalue weighted by molar-refractivity contribution is 7.14. The van der Waals surface area contributed by atoms with Crippen molar-refractivity contribution >= 4 is 17.3 Å². The first kappa shape index (κ1) is 20.4. The number of hydrogen-bond donors (Lipinski definition) is 1. The highest BCUT2D eigenvalue weighted by atomic mass is 32.1. The van der Waals surface area contributed by atoms with E-state index in [-0.39, 0.29) is 0 Å². The van der Waals surface area contributed by atoms with Gasteiger partial charge < -0.3 is 10.0 Å². The summed E-state index contributed by atoms with van der Waals surface area (Å²) in [6.07, 6.45) is 15.9. The van der Waals surface area contributed by atoms with Gasteiger partial charge in [0, 0.05) is 18.0 Å². The van der Waals surface area contributed by atoms with E-state index < -0.39 is 5.97 Å². The first-order chi connectivity index (χ1) is 12.2. The van der Waals surface area contributed by atoms with Gasteiger partial charge in [0.25, 0.3) is 0 Å². The van der Waals surface area contributed by atoms with Gasteiger partial charge in [-0.25, -0.2) is 4.79 Å². The summed E-state index contributed by atoms with van der Waals surface area (Å²) >= 11 is 1.48. The lowest BCUT2D eigenvalue weighted by Crippen LogP contribution is -2.27. The molecule has 4 heteroatoms. The third-order valence-electron chi connectivity index (χ3n) is 5.29. The number of fused-ring (bicyclic) bond motifs is 1. The Hall–Kier alpha value is -0.870. The number of unbranched alkanes of at least 4 members (excludes halogenated alkanes) is 9. The zero-order chi connectivity index (χ0) is 17.9. The Morgan fingerprint density at radius 2 is 1.60 bits per heavy atom. The predicted molar refractivity (Wildman–Crippen MR) is 107 cm³/mol. The SMILES string of the molecule is CCCCCCCCCCCCN1CCc2cc(C(=O)O)sc2CC1. The number of thiophene rings is 1. The maximum atomic E-state index is 11.1. The van der Waals surface area contributed by atoms with Crippen LogP contribution in [0, 0.1) is 0 Å². The molecule has 0 bridgehead atoms. The Bertz CT molecular complexity index is 486. The molecule has 0 aliphatic carbocycles. The van der Waals surface area contributed by atoms with E-state index in [0.717, 1.165) is 25.9 Å². The summed E-state index contributed by atoms with van der Waals surface area (Å²) in [4.78, 5) is 15.5. The third-order valence-corrected chi connectivity index (χ3v) is 6.51. The molecule has 1 aromatic heterocycles. The highest BCUT2D eigenvalue weighted by Crippen LogP contribution is 2.26. The Morgan fingerprint density at radius 3 is 2.24 bits per heavy atom. The summed E-state index contributed by atoms with van der Waals surface area (Å²) in [5.41, 5.74) is 1.27. The number of hydrogen-bond acceptors (Lipinski definition) is 3. The van der Waals surface area contributed by atoms with Crippen molar-refractivity contribution in [3.63, 3.8) is 0 Å². The Morgan fingerprint density at radius 1 is 1.00 bits per heavy atom. The number of nitrogens with zero attached hydrogens (tertiary/aromatic N) is 1. The fourth-order valence-electron chi connectivity index (χ4n) is 3.69. The fraction of sp³-hybridized carbons (Fsp3) is 0.762. The largest absolute Gasteiger partial charge is 0.477 e. The number of rotatable bonds is 12. The summed E-state index contributed by atoms with van der Waals surface area (Å²) in [6.45, 7) is 5.65. The van der Waals surface area contributed by atoms with E-state index in [4.69, 9.17) is 5.11 Å². The summed E-state index contributed by atoms with van der Waals surface area (Å²) in [6, 6.07) is 1.90. The lowest BCUT2D eigenvalue weighted by molar-refractivity contribution is 0.0702. The quantitative estimate of drug-likeness (QED) is 0.478. The molecule has 0 saturated carbocycles. The summed E-state index contributed by atoms with van der Waals surface area (Å²) in [5, 5.41) is 9.12. The smallest absolute Gasteiger partial charge is 0.345 e. The van der Waals surface area contributed by atoms with Gasteiger partial charge in [-0.3, -0.25) is 0 Å². The van der Waals surface area contributed by atoms with E-state index in [1.807, 2.05) is 6.07 Å². The van der Waals surface area contributed by atoms with Gasteiger partial charge in [0.05, 0.1) is 0 Å². The Kier molecular flexibility index (Phi) is 9.56. The second kappa shape index (κ2) is 11.7. The molecule has 1 N–H and O–H groups in total. The number of carbonyl (C=O) groups is 1. The molecule has 0 spiro atoms. The molecule has 1 aliphatic rings. The van der Waals surface area contributed by atoms with Gasteiger partial charge in [0.1, 0.15) is 4.88 Å². The van der Waals surface area contributed by atoms with Crippen LogP contribution < -0.4 is 0 Å². The summed E-state index contributed by atoms with van der Waals surface area (Å²) in [7, 11) is 0. The second-order valence-corrected chi connectivity index (χ2v) is 8.52. The topological polar surface area (TPSA) is 40.5 Å². The molecule has 2 rings (SSSR count). The van der Waals surface area contributed by atoms with Crippen LogP contribution in [0.3, 0.4) is 0 Å². The lowest BCUT2D eigenvalue weighted by Gasteiger charge is -2.19. The minimum atomic E-state index is -0.778. The van der Waals surface area contributed by atoms with Gasteiger partial charge in [0.2, 0.25) is 0 Å². The average Bonchev–Trinajstić information content (AvgIpc) is 2.93. The number of aromatic carboxylic acids is 1. The van der Waals surface area contributed by atoms with Crippen molar-refractivity contribution in [2.45, 2.75) is 84.0 Å². The molecule has 2 heterocycles. The first-order valence-electron chi connectivity index (χ1n) is 10.3. The Labute approximate surface area is 157 Å². The van der Waals surface area contributed by atoms with Crippen molar-refractivity contribution in [1.82, 2.24) is 4.90 Å². The second-order valence-electron chi connectivity index (χ2n) is 7.39. The predicted octanol–water partition coefficient (Wildman–Crippen LogP) is 5.77. The van der Waals surface area contributed by atoms with Gasteiger partial charge in [-0.15, -0.1) is 11.3 Å². The molecule has 0 saturated heterocycles. The molecule has 0 fully saturated rings. The summed E-state index contributed by atoms with van der Waals surface area (Å²) < 4.78 is 0. The fourth-order valence-corrected chi connectivity index (χ4v) is 4.73. The normalized spacial score (nSPS) is 15.1. The average molecular weight is 366 g/mol. The van der Waals surface area contributed by atoms with Gasteiger partial charge in [-0.05, 0) is 37.4 Å². The monoisotopic (exact) mass is 365 g/mol. The lowest BCUT2D eigenvalue weighted by atomic mass is 10.1. The number of carboxylic acid groups (broad SMARTS) is 1. The third kappa shape index (κ3) is 7.49. The van der Waals surface area contributed by atoms with Crippen LogP contribution in [0.1, 0.15) is 91.2 Å². The van der Waals surface area contributed by atoms with Crippen LogP contribution >= 0.6 is 11.3 Å². The van der Waals surface area contributed by atoms with E-state index in [9.17, 15) is 4.79 Å². The first-order valence-corrected chi connectivity index (χ1v) is 11.1. The van der Waals surface area contributed by atoms with Gasteiger partial charge >= 0.3 is 5.97 Å². The Balaban J connectivity index is 1.52. The van der Waals surface area contributed by atoms with Gasteiger partial charge in [-0.1, -0.05) is 64.7 Å². The van der Waals surface area contributed by atoms with Crippen LogP contribution in [0.15, 0.2) is 6.07 Å². The van der Waals surface area contributed by atoms with Crippen molar-refractivity contribution in [1.29, 1.82) is 0 Å². The standard InChI is InChI=1S/C21H35NO2S/c1-2-3-4-5-6-7-8-9-10-11-14-22-15-12-18-17-20(21(23)24)25-19(18)13-16-22/h17H,2-16H2,1H3,(H,23,24). The molecule has 0 amide bonds. The van der Waals surface area contributed by atoms with E-state index >= 15 is 0 Å². The van der Waals surface area contributed by atoms with E-state index in [1.165, 1.54) is 92.5 Å². The molecule has 25 heavy (non-hydrogen) atoms. The summed E-state index contributed by atoms with van der Waals surface area (Å²) in [5.74, 6) is -0.778. The molecular weight excluding hydrogens is 330 g/mol. The molecule has 0 unspecified atom stereocenters. The molecule has 1 aromatic rings. The van der Waals surface area contributed by atoms with E-state index in [2.05, 4.69) is 11.8 Å². The van der Waals surface area contributed by atoms with Crippen LogP contribution in [-0.2, 0) is 12.8 Å². The van der Waals surface area contributed by atoms with Crippen molar-refractivity contribution in [3.8, 4) is 0 Å². The maximum absolute atomic E-state index is 11.1. The van der Waals surface area contributed by atoms with Crippen LogP contribution in [0.5, 0.6) is 0 Å². The molecule has 142 valence electrons. The van der Waals surface area contributed by atoms with Crippen LogP contribution in [0.4, 0.5) is 0 Å². The van der Waals surface area contributed by atoms with E-state index in [1.54, 1.807) is 0 Å². The van der Waals surface area contributed by atoms with Gasteiger partial charge in [0.15, 0.2) is 0 Å². The van der Waals surface area contributed by atoms with Crippen molar-refractivity contribution in [2.75, 3.05) is 19.6 Å². The molecule has 0 aromatic carbocycles. The zero-order valence-electron chi connectivity index (χ0n) is 15.9. The molecule has 0 atom stereocenters. The van der Waals surface area contributed by atoms with Gasteiger partial charge in [-0.2, -0.15) is 0 Å². The van der Waals surface area contributed by atoms with Crippen molar-refractivity contribution in [3.05, 3.63) is 21.4 Å². The maximum Gasteiger partial charge on any atom is 0.345 e. The molecule has 3 nitrogen and oxygen atoms in total.